The summed E-state index contributed by atoms with van der Waals surface area (Å²) in [5, 5.41) is 5.98. The zero-order valence-corrected chi connectivity index (χ0v) is 12.6. The minimum atomic E-state index is 0.553. The van der Waals surface area contributed by atoms with Crippen LogP contribution < -0.4 is 0 Å². The highest BCUT2D eigenvalue weighted by molar-refractivity contribution is 5.81. The number of rotatable bonds is 2. The summed E-state index contributed by atoms with van der Waals surface area (Å²) in [4.78, 5) is 2.59. The normalized spacial score (nSPS) is 27.5. The molecule has 0 aliphatic carbocycles. The molecule has 3 saturated heterocycles. The van der Waals surface area contributed by atoms with Gasteiger partial charge in [-0.15, -0.1) is 0 Å². The van der Waals surface area contributed by atoms with Gasteiger partial charge in [0, 0.05) is 30.0 Å². The van der Waals surface area contributed by atoms with Gasteiger partial charge >= 0.3 is 0 Å². The molecule has 0 spiro atoms. The summed E-state index contributed by atoms with van der Waals surface area (Å²) < 4.78 is 4.43. The lowest BCUT2D eigenvalue weighted by Crippen LogP contribution is -2.48. The Bertz CT molecular complexity index is 794. The molecular formula is C18H20N4. The Balaban J connectivity index is 1.56. The zero-order chi connectivity index (χ0) is 14.5. The van der Waals surface area contributed by atoms with Crippen molar-refractivity contribution in [1.29, 1.82) is 0 Å². The van der Waals surface area contributed by atoms with E-state index in [1.807, 2.05) is 6.20 Å². The molecule has 2 aromatic heterocycles. The smallest absolute Gasteiger partial charge is 0.0687 e. The van der Waals surface area contributed by atoms with E-state index in [2.05, 4.69) is 56.9 Å². The summed E-state index contributed by atoms with van der Waals surface area (Å²) >= 11 is 0. The van der Waals surface area contributed by atoms with Crippen molar-refractivity contribution in [3.05, 3.63) is 48.9 Å². The third kappa shape index (κ3) is 1.83. The van der Waals surface area contributed by atoms with Crippen LogP contribution in [0.2, 0.25) is 0 Å². The molecule has 3 aliphatic rings. The molecule has 0 N–H and O–H groups in total. The van der Waals surface area contributed by atoms with E-state index in [1.165, 1.54) is 49.1 Å². The van der Waals surface area contributed by atoms with Crippen LogP contribution in [0, 0.1) is 5.92 Å². The van der Waals surface area contributed by atoms with Crippen molar-refractivity contribution in [1.82, 2.24) is 19.2 Å². The van der Waals surface area contributed by atoms with E-state index in [0.717, 1.165) is 5.92 Å². The predicted octanol–water partition coefficient (Wildman–Crippen LogP) is 3.09. The van der Waals surface area contributed by atoms with E-state index in [0.29, 0.717) is 6.04 Å². The lowest BCUT2D eigenvalue weighted by molar-refractivity contribution is 0.0534. The van der Waals surface area contributed by atoms with E-state index in [1.54, 1.807) is 0 Å². The zero-order valence-electron chi connectivity index (χ0n) is 12.6. The molecule has 3 aromatic rings. The second-order valence-electron chi connectivity index (χ2n) is 6.63. The Labute approximate surface area is 129 Å². The fraction of sp³-hybridized carbons (Fsp3) is 0.389. The van der Waals surface area contributed by atoms with Gasteiger partial charge in [0.2, 0.25) is 0 Å². The maximum atomic E-state index is 4.74. The molecule has 0 saturated carbocycles. The Morgan fingerprint density at radius 1 is 1.05 bits per heavy atom. The fourth-order valence-electron chi connectivity index (χ4n) is 4.18. The molecule has 22 heavy (non-hydrogen) atoms. The first-order chi connectivity index (χ1) is 10.9. The van der Waals surface area contributed by atoms with Crippen molar-refractivity contribution in [2.45, 2.75) is 18.9 Å². The van der Waals surface area contributed by atoms with Crippen LogP contribution in [0.1, 0.15) is 18.9 Å². The number of hydrogen-bond acceptors (Lipinski definition) is 2. The standard InChI is InChI=1S/C18H20N4/c1-2-8-21(7-1)16-3-4-17-15(11-16)12-19-22(17)18-13-20-9-5-14(18)6-10-20/h1-4,7-8,11-12,14,18H,5-6,9-10,13H2/t18-/m1/s1. The van der Waals surface area contributed by atoms with Gasteiger partial charge in [-0.2, -0.15) is 5.10 Å². The third-order valence-corrected chi connectivity index (χ3v) is 5.42. The molecule has 0 amide bonds. The predicted molar refractivity (Wildman–Crippen MR) is 87.3 cm³/mol. The third-order valence-electron chi connectivity index (χ3n) is 5.42. The minimum Gasteiger partial charge on any atom is -0.324 e. The fourth-order valence-corrected chi connectivity index (χ4v) is 4.18. The van der Waals surface area contributed by atoms with Crippen molar-refractivity contribution < 1.29 is 0 Å². The van der Waals surface area contributed by atoms with Crippen LogP contribution in [0.25, 0.3) is 16.6 Å². The van der Waals surface area contributed by atoms with Crippen molar-refractivity contribution in [3.8, 4) is 5.69 Å². The summed E-state index contributed by atoms with van der Waals surface area (Å²) in [7, 11) is 0. The summed E-state index contributed by atoms with van der Waals surface area (Å²) in [6.07, 6.45) is 8.85. The Kier molecular flexibility index (Phi) is 2.67. The second kappa shape index (κ2) is 4.71. The molecule has 4 nitrogen and oxygen atoms in total. The highest BCUT2D eigenvalue weighted by atomic mass is 15.3. The molecule has 112 valence electrons. The molecule has 2 bridgehead atoms. The van der Waals surface area contributed by atoms with Gasteiger partial charge in [-0.3, -0.25) is 4.68 Å². The quantitative estimate of drug-likeness (QED) is 0.725. The number of piperidine rings is 3. The Hall–Kier alpha value is -2.07. The molecule has 0 unspecified atom stereocenters. The van der Waals surface area contributed by atoms with Crippen LogP contribution in [0.5, 0.6) is 0 Å². The molecule has 3 aliphatic heterocycles. The largest absolute Gasteiger partial charge is 0.324 e. The number of fused-ring (bicyclic) bond motifs is 4. The minimum absolute atomic E-state index is 0.553. The first kappa shape index (κ1) is 12.5. The van der Waals surface area contributed by atoms with Gasteiger partial charge in [0.05, 0.1) is 17.8 Å². The average molecular weight is 292 g/mol. The maximum Gasteiger partial charge on any atom is 0.0687 e. The monoisotopic (exact) mass is 292 g/mol. The SMILES string of the molecule is c1ccn(-c2ccc3c(cnn3[C@@H]3CN4CCC3CC4)c2)c1. The van der Waals surface area contributed by atoms with Gasteiger partial charge in [-0.05, 0) is 62.2 Å². The lowest BCUT2D eigenvalue weighted by Gasteiger charge is -2.44. The first-order valence-corrected chi connectivity index (χ1v) is 8.21. The average Bonchev–Trinajstić information content (AvgIpc) is 3.25. The van der Waals surface area contributed by atoms with Crippen LogP contribution in [0.4, 0.5) is 0 Å². The molecule has 3 fully saturated rings. The first-order valence-electron chi connectivity index (χ1n) is 8.21. The van der Waals surface area contributed by atoms with Gasteiger partial charge in [0.25, 0.3) is 0 Å². The van der Waals surface area contributed by atoms with Crippen LogP contribution in [-0.2, 0) is 0 Å². The van der Waals surface area contributed by atoms with Gasteiger partial charge in [-0.25, -0.2) is 0 Å². The maximum absolute atomic E-state index is 4.74. The summed E-state index contributed by atoms with van der Waals surface area (Å²) in [6.45, 7) is 3.72. The lowest BCUT2D eigenvalue weighted by atomic mass is 9.84. The van der Waals surface area contributed by atoms with E-state index >= 15 is 0 Å². The summed E-state index contributed by atoms with van der Waals surface area (Å²) in [6, 6.07) is 11.3. The molecule has 6 rings (SSSR count). The molecule has 5 heterocycles. The molecule has 0 radical (unpaired) electrons. The van der Waals surface area contributed by atoms with E-state index < -0.39 is 0 Å². The molecule has 1 atom stereocenters. The van der Waals surface area contributed by atoms with Crippen LogP contribution in [-0.4, -0.2) is 38.9 Å². The van der Waals surface area contributed by atoms with E-state index in [-0.39, 0.29) is 0 Å². The van der Waals surface area contributed by atoms with Gasteiger partial charge in [0.1, 0.15) is 0 Å². The van der Waals surface area contributed by atoms with Gasteiger partial charge in [-0.1, -0.05) is 0 Å². The van der Waals surface area contributed by atoms with Crippen LogP contribution in [0.15, 0.2) is 48.9 Å². The van der Waals surface area contributed by atoms with Crippen molar-refractivity contribution in [3.63, 3.8) is 0 Å². The van der Waals surface area contributed by atoms with Gasteiger partial charge in [0.15, 0.2) is 0 Å². The highest BCUT2D eigenvalue weighted by Gasteiger charge is 2.36. The van der Waals surface area contributed by atoms with Crippen LogP contribution in [0.3, 0.4) is 0 Å². The van der Waals surface area contributed by atoms with E-state index in [9.17, 15) is 0 Å². The molecule has 1 aromatic carbocycles. The second-order valence-corrected chi connectivity index (χ2v) is 6.63. The number of aromatic nitrogens is 3. The Morgan fingerprint density at radius 2 is 1.86 bits per heavy atom. The summed E-state index contributed by atoms with van der Waals surface area (Å²) in [5.74, 6) is 0.803. The van der Waals surface area contributed by atoms with Crippen LogP contribution >= 0.6 is 0 Å². The molecule has 4 heteroatoms. The molecular weight excluding hydrogens is 272 g/mol. The highest BCUT2D eigenvalue weighted by Crippen LogP contribution is 2.36. The summed E-state index contributed by atoms with van der Waals surface area (Å²) in [5.41, 5.74) is 2.47. The van der Waals surface area contributed by atoms with E-state index in [4.69, 9.17) is 5.10 Å². The number of hydrogen-bond donors (Lipinski definition) is 0. The van der Waals surface area contributed by atoms with Crippen molar-refractivity contribution in [2.75, 3.05) is 19.6 Å². The van der Waals surface area contributed by atoms with Crippen molar-refractivity contribution >= 4 is 10.9 Å². The number of nitrogens with zero attached hydrogens (tertiary/aromatic N) is 4. The van der Waals surface area contributed by atoms with Crippen molar-refractivity contribution in [2.24, 2.45) is 5.92 Å². The number of benzene rings is 1. The Morgan fingerprint density at radius 3 is 2.59 bits per heavy atom. The topological polar surface area (TPSA) is 26.0 Å². The van der Waals surface area contributed by atoms with Gasteiger partial charge < -0.3 is 9.47 Å².